The topological polar surface area (TPSA) is 79.1 Å². The van der Waals surface area contributed by atoms with Gasteiger partial charge in [-0.05, 0) is 11.5 Å². The van der Waals surface area contributed by atoms with Crippen molar-refractivity contribution in [3.8, 4) is 0 Å². The molecule has 0 aliphatic heterocycles. The maximum Gasteiger partial charge on any atom is 0.325 e. The molecule has 2 rings (SSSR count). The fourth-order valence-electron chi connectivity index (χ4n) is 1.50. The summed E-state index contributed by atoms with van der Waals surface area (Å²) in [6.07, 6.45) is 1.77. The lowest BCUT2D eigenvalue weighted by Crippen LogP contribution is -2.20. The predicted molar refractivity (Wildman–Crippen MR) is 52.9 cm³/mol. The summed E-state index contributed by atoms with van der Waals surface area (Å²) in [5.41, 5.74) is 6.95. The molecule has 1 heterocycles. The molecule has 4 N–H and O–H groups in total. The lowest BCUT2D eigenvalue weighted by atomic mass is 10.1. The van der Waals surface area contributed by atoms with Gasteiger partial charge in [0.05, 0.1) is 5.52 Å². The van der Waals surface area contributed by atoms with Crippen molar-refractivity contribution in [2.75, 3.05) is 0 Å². The van der Waals surface area contributed by atoms with E-state index in [-0.39, 0.29) is 0 Å². The third-order valence-electron chi connectivity index (χ3n) is 2.22. The molecular formula is C10H10N2O2. The Morgan fingerprint density at radius 2 is 2.21 bits per heavy atom. The number of hydrogen-bond acceptors (Lipinski definition) is 2. The smallest absolute Gasteiger partial charge is 0.325 e. The minimum absolute atomic E-state index is 0.611. The van der Waals surface area contributed by atoms with Crippen LogP contribution in [0, 0.1) is 0 Å². The second-order valence-corrected chi connectivity index (χ2v) is 3.11. The van der Waals surface area contributed by atoms with Gasteiger partial charge in [-0.25, -0.2) is 0 Å². The Hall–Kier alpha value is -1.81. The molecule has 0 spiro atoms. The highest BCUT2D eigenvalue weighted by Crippen LogP contribution is 2.21. The number of aromatic amines is 1. The van der Waals surface area contributed by atoms with E-state index in [1.807, 2.05) is 12.1 Å². The molecule has 0 saturated carbocycles. The van der Waals surface area contributed by atoms with E-state index in [1.54, 1.807) is 18.3 Å². The van der Waals surface area contributed by atoms with Crippen LogP contribution < -0.4 is 5.73 Å². The number of aliphatic carboxylic acids is 1. The van der Waals surface area contributed by atoms with Gasteiger partial charge in [-0.1, -0.05) is 18.2 Å². The number of rotatable bonds is 2. The Bertz CT molecular complexity index is 476. The Balaban J connectivity index is 2.61. The molecule has 1 aromatic carbocycles. The summed E-state index contributed by atoms with van der Waals surface area (Å²) in [5.74, 6) is -1.02. The molecule has 0 aliphatic rings. The number of H-pyrrole nitrogens is 1. The van der Waals surface area contributed by atoms with Crippen molar-refractivity contribution >= 4 is 16.9 Å². The number of carboxylic acids is 1. The van der Waals surface area contributed by atoms with Crippen molar-refractivity contribution in [1.82, 2.24) is 4.98 Å². The lowest BCUT2D eigenvalue weighted by Gasteiger charge is -2.07. The zero-order chi connectivity index (χ0) is 10.1. The van der Waals surface area contributed by atoms with Crippen LogP contribution >= 0.6 is 0 Å². The first-order valence-corrected chi connectivity index (χ1v) is 4.24. The Morgan fingerprint density at radius 1 is 1.43 bits per heavy atom. The molecule has 4 heteroatoms. The van der Waals surface area contributed by atoms with E-state index in [9.17, 15) is 4.79 Å². The van der Waals surface area contributed by atoms with E-state index in [4.69, 9.17) is 10.8 Å². The molecule has 0 aliphatic carbocycles. The molecule has 72 valence electrons. The Labute approximate surface area is 80.3 Å². The maximum absolute atomic E-state index is 10.7. The normalized spacial score (nSPS) is 12.9. The number of nitrogens with one attached hydrogen (secondary N) is 1. The van der Waals surface area contributed by atoms with E-state index in [0.717, 1.165) is 10.9 Å². The van der Waals surface area contributed by atoms with Gasteiger partial charge < -0.3 is 15.8 Å². The summed E-state index contributed by atoms with van der Waals surface area (Å²) in [4.78, 5) is 13.7. The lowest BCUT2D eigenvalue weighted by molar-refractivity contribution is -0.138. The highest BCUT2D eigenvalue weighted by molar-refractivity contribution is 5.88. The summed E-state index contributed by atoms with van der Waals surface area (Å²) in [6.45, 7) is 0. The van der Waals surface area contributed by atoms with Crippen molar-refractivity contribution < 1.29 is 9.90 Å². The van der Waals surface area contributed by atoms with Crippen molar-refractivity contribution in [1.29, 1.82) is 0 Å². The third kappa shape index (κ3) is 1.25. The van der Waals surface area contributed by atoms with Crippen LogP contribution in [0.1, 0.15) is 11.6 Å². The predicted octanol–water partition coefficient (Wildman–Crippen LogP) is 1.25. The Kier molecular flexibility index (Phi) is 1.98. The van der Waals surface area contributed by atoms with Gasteiger partial charge in [0.1, 0.15) is 6.04 Å². The van der Waals surface area contributed by atoms with Gasteiger partial charge in [-0.2, -0.15) is 0 Å². The summed E-state index contributed by atoms with van der Waals surface area (Å²) >= 11 is 0. The van der Waals surface area contributed by atoms with Crippen LogP contribution in [0.25, 0.3) is 10.9 Å². The molecule has 1 aromatic heterocycles. The van der Waals surface area contributed by atoms with E-state index in [2.05, 4.69) is 4.98 Å². The third-order valence-corrected chi connectivity index (χ3v) is 2.22. The first-order valence-electron chi connectivity index (χ1n) is 4.24. The number of hydrogen-bond donors (Lipinski definition) is 3. The average molecular weight is 190 g/mol. The van der Waals surface area contributed by atoms with Gasteiger partial charge in [0.2, 0.25) is 0 Å². The zero-order valence-electron chi connectivity index (χ0n) is 7.40. The molecule has 0 amide bonds. The second-order valence-electron chi connectivity index (χ2n) is 3.11. The summed E-state index contributed by atoms with van der Waals surface area (Å²) in [7, 11) is 0. The summed E-state index contributed by atoms with van der Waals surface area (Å²) in [6, 6.07) is 6.33. The highest BCUT2D eigenvalue weighted by Gasteiger charge is 2.16. The first-order chi connectivity index (χ1) is 6.70. The zero-order valence-corrected chi connectivity index (χ0v) is 7.40. The number of fused-ring (bicyclic) bond motifs is 1. The van der Waals surface area contributed by atoms with Crippen LogP contribution in [-0.4, -0.2) is 16.1 Å². The first kappa shape index (κ1) is 8.77. The van der Waals surface area contributed by atoms with Crippen LogP contribution in [0.3, 0.4) is 0 Å². The molecule has 4 nitrogen and oxygen atoms in total. The van der Waals surface area contributed by atoms with Crippen molar-refractivity contribution in [2.45, 2.75) is 6.04 Å². The molecule has 0 unspecified atom stereocenters. The number of para-hydroxylation sites is 1. The van der Waals surface area contributed by atoms with Crippen LogP contribution in [0.2, 0.25) is 0 Å². The minimum atomic E-state index is -1.02. The van der Waals surface area contributed by atoms with Crippen LogP contribution in [0.15, 0.2) is 30.5 Å². The van der Waals surface area contributed by atoms with Crippen LogP contribution in [0.4, 0.5) is 0 Å². The fourth-order valence-corrected chi connectivity index (χ4v) is 1.50. The van der Waals surface area contributed by atoms with Gasteiger partial charge in [-0.15, -0.1) is 0 Å². The number of carboxylic acid groups (broad SMARTS) is 1. The van der Waals surface area contributed by atoms with Crippen molar-refractivity contribution in [2.24, 2.45) is 5.73 Å². The van der Waals surface area contributed by atoms with Gasteiger partial charge in [-0.3, -0.25) is 4.79 Å². The maximum atomic E-state index is 10.7. The molecule has 0 fully saturated rings. The average Bonchev–Trinajstić information content (AvgIpc) is 2.63. The van der Waals surface area contributed by atoms with E-state index in [0.29, 0.717) is 5.56 Å². The van der Waals surface area contributed by atoms with Gasteiger partial charge >= 0.3 is 5.97 Å². The standard InChI is InChI=1S/C10H10N2O2/c11-8(10(13)14)7-3-1-2-6-4-5-12-9(6)7/h1-5,8,12H,11H2,(H,13,14)/t8-/m0/s1. The highest BCUT2D eigenvalue weighted by atomic mass is 16.4. The number of nitrogens with two attached hydrogens (primary N) is 1. The van der Waals surface area contributed by atoms with E-state index < -0.39 is 12.0 Å². The molecule has 14 heavy (non-hydrogen) atoms. The number of benzene rings is 1. The van der Waals surface area contributed by atoms with Crippen molar-refractivity contribution in [3.05, 3.63) is 36.0 Å². The monoisotopic (exact) mass is 190 g/mol. The summed E-state index contributed by atoms with van der Waals surface area (Å²) in [5, 5.41) is 9.76. The quantitative estimate of drug-likeness (QED) is 0.666. The molecule has 0 radical (unpaired) electrons. The SMILES string of the molecule is N[C@H](C(=O)O)c1cccc2cc[nH]c12. The van der Waals surface area contributed by atoms with Crippen LogP contribution in [0.5, 0.6) is 0 Å². The molecule has 1 atom stereocenters. The van der Waals surface area contributed by atoms with Crippen LogP contribution in [-0.2, 0) is 4.79 Å². The molecular weight excluding hydrogens is 180 g/mol. The van der Waals surface area contributed by atoms with Gasteiger partial charge in [0.25, 0.3) is 0 Å². The fraction of sp³-hybridized carbons (Fsp3) is 0.100. The summed E-state index contributed by atoms with van der Waals surface area (Å²) < 4.78 is 0. The second kappa shape index (κ2) is 3.16. The molecule has 0 saturated heterocycles. The van der Waals surface area contributed by atoms with Gasteiger partial charge in [0, 0.05) is 11.8 Å². The number of carbonyl (C=O) groups is 1. The minimum Gasteiger partial charge on any atom is -0.480 e. The van der Waals surface area contributed by atoms with E-state index >= 15 is 0 Å². The van der Waals surface area contributed by atoms with E-state index in [1.165, 1.54) is 0 Å². The van der Waals surface area contributed by atoms with Crippen molar-refractivity contribution in [3.63, 3.8) is 0 Å². The van der Waals surface area contributed by atoms with Gasteiger partial charge in [0.15, 0.2) is 0 Å². The number of aromatic nitrogens is 1. The largest absolute Gasteiger partial charge is 0.480 e. The Morgan fingerprint density at radius 3 is 2.93 bits per heavy atom. The molecule has 0 bridgehead atoms. The molecule has 2 aromatic rings.